The molecular formula is C32H36BrNO7. The van der Waals surface area contributed by atoms with Crippen molar-refractivity contribution >= 4 is 33.4 Å². The summed E-state index contributed by atoms with van der Waals surface area (Å²) in [5, 5.41) is 10.6. The van der Waals surface area contributed by atoms with Gasteiger partial charge in [0.15, 0.2) is 23.0 Å². The number of halogens is 1. The molecule has 2 aromatic rings. The number of ketones is 1. The van der Waals surface area contributed by atoms with E-state index in [9.17, 15) is 14.7 Å². The lowest BCUT2D eigenvalue weighted by molar-refractivity contribution is -0.144. The summed E-state index contributed by atoms with van der Waals surface area (Å²) in [6, 6.07) is 9.20. The number of ether oxygens (including phenoxy) is 4. The summed E-state index contributed by atoms with van der Waals surface area (Å²) in [5.74, 6) is -0.290. The Morgan fingerprint density at radius 2 is 1.71 bits per heavy atom. The number of fused-ring (bicyclic) bond motifs is 1. The molecule has 1 aliphatic heterocycles. The maximum atomic E-state index is 14.1. The second-order valence-electron chi connectivity index (χ2n) is 10.8. The molecule has 1 N–H and O–H groups in total. The van der Waals surface area contributed by atoms with E-state index in [0.29, 0.717) is 45.8 Å². The van der Waals surface area contributed by atoms with Gasteiger partial charge in [0, 0.05) is 23.7 Å². The number of methoxy groups -OCH3 is 2. The first-order valence-electron chi connectivity index (χ1n) is 14.1. The molecule has 1 unspecified atom stereocenters. The summed E-state index contributed by atoms with van der Waals surface area (Å²) >= 11 is 3.45. The van der Waals surface area contributed by atoms with Crippen molar-refractivity contribution in [3.63, 3.8) is 0 Å². The lowest BCUT2D eigenvalue weighted by Crippen LogP contribution is -2.41. The number of hydrogen-bond acceptors (Lipinski definition) is 8. The van der Waals surface area contributed by atoms with Crippen LogP contribution in [0.1, 0.15) is 75.3 Å². The first-order valence-corrected chi connectivity index (χ1v) is 14.9. The summed E-state index contributed by atoms with van der Waals surface area (Å²) in [6.45, 7) is 3.99. The molecule has 2 saturated carbocycles. The lowest BCUT2D eigenvalue weighted by Gasteiger charge is -2.38. The minimum atomic E-state index is -0.632. The van der Waals surface area contributed by atoms with E-state index in [1.54, 1.807) is 26.4 Å². The van der Waals surface area contributed by atoms with Crippen LogP contribution in [0.15, 0.2) is 51.1 Å². The number of phenolic OH excluding ortho intramolecular Hbond substituents is 1. The fourth-order valence-electron chi connectivity index (χ4n) is 6.40. The molecule has 0 radical (unpaired) electrons. The van der Waals surface area contributed by atoms with Crippen molar-refractivity contribution in [1.82, 2.24) is 0 Å². The number of rotatable bonds is 8. The van der Waals surface area contributed by atoms with E-state index >= 15 is 0 Å². The molecule has 1 heterocycles. The van der Waals surface area contributed by atoms with Crippen molar-refractivity contribution in [3.05, 3.63) is 57.2 Å². The van der Waals surface area contributed by atoms with Crippen LogP contribution in [-0.2, 0) is 14.3 Å². The van der Waals surface area contributed by atoms with Crippen LogP contribution in [0.2, 0.25) is 0 Å². The molecule has 2 aromatic carbocycles. The number of Topliss-reactive ketones (excluding diaryl/α,β-unsaturated/α-hetero) is 1. The summed E-state index contributed by atoms with van der Waals surface area (Å²) in [7, 11) is 3.18. The van der Waals surface area contributed by atoms with Gasteiger partial charge in [-0.2, -0.15) is 0 Å². The molecule has 0 amide bonds. The average Bonchev–Trinajstić information content (AvgIpc) is 3.47. The van der Waals surface area contributed by atoms with Crippen molar-refractivity contribution in [3.8, 4) is 23.0 Å². The third-order valence-corrected chi connectivity index (χ3v) is 8.94. The van der Waals surface area contributed by atoms with Gasteiger partial charge in [0.2, 0.25) is 0 Å². The molecule has 0 bridgehead atoms. The number of allylic oxidation sites excluding steroid dienone is 1. The molecule has 5 rings (SSSR count). The Hall–Kier alpha value is -3.33. The number of aliphatic imine (C=N–C) groups is 1. The number of phenols is 1. The van der Waals surface area contributed by atoms with Gasteiger partial charge in [0.05, 0.1) is 36.8 Å². The van der Waals surface area contributed by atoms with Gasteiger partial charge in [-0.05, 0) is 103 Å². The Kier molecular flexibility index (Phi) is 8.73. The summed E-state index contributed by atoms with van der Waals surface area (Å²) in [4.78, 5) is 32.7. The molecular weight excluding hydrogens is 590 g/mol. The van der Waals surface area contributed by atoms with Crippen LogP contribution < -0.4 is 14.2 Å². The van der Waals surface area contributed by atoms with Gasteiger partial charge < -0.3 is 24.1 Å². The predicted molar refractivity (Wildman–Crippen MR) is 158 cm³/mol. The Morgan fingerprint density at radius 1 is 1.00 bits per heavy atom. The van der Waals surface area contributed by atoms with Gasteiger partial charge >= 0.3 is 5.97 Å². The van der Waals surface area contributed by atoms with Gasteiger partial charge in [-0.25, -0.2) is 4.79 Å². The Bertz CT molecular complexity index is 1410. The van der Waals surface area contributed by atoms with E-state index in [1.165, 1.54) is 0 Å². The minimum Gasteiger partial charge on any atom is -0.503 e. The second kappa shape index (κ2) is 12.3. The average molecular weight is 627 g/mol. The van der Waals surface area contributed by atoms with Crippen LogP contribution in [0.25, 0.3) is 0 Å². The Balaban J connectivity index is 1.58. The van der Waals surface area contributed by atoms with Crippen LogP contribution >= 0.6 is 15.9 Å². The normalized spacial score (nSPS) is 22.7. The van der Waals surface area contributed by atoms with Crippen LogP contribution in [0.5, 0.6) is 23.0 Å². The fraction of sp³-hybridized carbons (Fsp3) is 0.469. The number of aromatic hydroxyl groups is 1. The van der Waals surface area contributed by atoms with Crippen LogP contribution in [0.3, 0.4) is 0 Å². The Morgan fingerprint density at radius 3 is 2.39 bits per heavy atom. The zero-order valence-electron chi connectivity index (χ0n) is 23.9. The molecule has 0 spiro atoms. The first-order chi connectivity index (χ1) is 19.7. The number of nitrogens with zero attached hydrogens (tertiary/aromatic N) is 1. The maximum Gasteiger partial charge on any atom is 0.336 e. The van der Waals surface area contributed by atoms with Gasteiger partial charge in [-0.1, -0.05) is 6.07 Å². The minimum absolute atomic E-state index is 0.000564. The van der Waals surface area contributed by atoms with E-state index in [0.717, 1.165) is 37.0 Å². The number of benzene rings is 2. The highest BCUT2D eigenvalue weighted by Crippen LogP contribution is 2.49. The largest absolute Gasteiger partial charge is 0.503 e. The second-order valence-corrected chi connectivity index (χ2v) is 11.7. The number of carbonyl (C=O) groups is 2. The van der Waals surface area contributed by atoms with Crippen molar-refractivity contribution in [1.29, 1.82) is 0 Å². The Labute approximate surface area is 248 Å². The molecule has 41 heavy (non-hydrogen) atoms. The molecule has 3 aliphatic rings. The van der Waals surface area contributed by atoms with Crippen molar-refractivity contribution in [2.75, 3.05) is 20.8 Å². The van der Waals surface area contributed by atoms with Gasteiger partial charge in [0.25, 0.3) is 0 Å². The van der Waals surface area contributed by atoms with E-state index in [4.69, 9.17) is 23.9 Å². The molecule has 0 saturated heterocycles. The SMILES string of the molecule is CCOc1cc([C@H]2C(C(=O)OC3CCCC3)=C(C)N=C3C[C@@H](c4ccc(OC)c(OC)c4)CC(=O)C32)cc(Br)c1O. The number of esters is 1. The highest BCUT2D eigenvalue weighted by atomic mass is 79.9. The molecule has 3 atom stereocenters. The van der Waals surface area contributed by atoms with Crippen molar-refractivity contribution in [2.45, 2.75) is 70.3 Å². The van der Waals surface area contributed by atoms with Crippen LogP contribution in [-0.4, -0.2) is 49.5 Å². The highest BCUT2D eigenvalue weighted by molar-refractivity contribution is 9.10. The molecule has 2 fully saturated rings. The van der Waals surface area contributed by atoms with Crippen LogP contribution in [0, 0.1) is 5.92 Å². The first kappa shape index (κ1) is 29.2. The number of carbonyl (C=O) groups excluding carboxylic acids is 2. The summed E-state index contributed by atoms with van der Waals surface area (Å²) in [6.07, 6.45) is 4.46. The van der Waals surface area contributed by atoms with E-state index in [-0.39, 0.29) is 35.7 Å². The van der Waals surface area contributed by atoms with Crippen molar-refractivity contribution < 1.29 is 33.6 Å². The predicted octanol–water partition coefficient (Wildman–Crippen LogP) is 6.63. The van der Waals surface area contributed by atoms with Gasteiger partial charge in [0.1, 0.15) is 11.9 Å². The van der Waals surface area contributed by atoms with E-state index in [2.05, 4.69) is 15.9 Å². The summed E-state index contributed by atoms with van der Waals surface area (Å²) in [5.41, 5.74) is 3.33. The molecule has 8 nitrogen and oxygen atoms in total. The number of hydrogen-bond donors (Lipinski definition) is 1. The highest BCUT2D eigenvalue weighted by Gasteiger charge is 2.47. The van der Waals surface area contributed by atoms with Crippen LogP contribution in [0.4, 0.5) is 0 Å². The smallest absolute Gasteiger partial charge is 0.336 e. The quantitative estimate of drug-likeness (QED) is 0.328. The zero-order chi connectivity index (χ0) is 29.3. The fourth-order valence-corrected chi connectivity index (χ4v) is 6.86. The third-order valence-electron chi connectivity index (χ3n) is 8.34. The van der Waals surface area contributed by atoms with E-state index in [1.807, 2.05) is 32.0 Å². The maximum absolute atomic E-state index is 14.1. The topological polar surface area (TPSA) is 104 Å². The van der Waals surface area contributed by atoms with E-state index < -0.39 is 17.8 Å². The van der Waals surface area contributed by atoms with Crippen molar-refractivity contribution in [2.24, 2.45) is 10.9 Å². The summed E-state index contributed by atoms with van der Waals surface area (Å²) < 4.78 is 23.0. The standard InChI is InChI=1S/C32H36BrNO7/c1-5-40-27-16-20(12-22(33)31(27)36)29-28(32(37)41-21-8-6-7-9-21)17(2)34-23-13-19(14-24(35)30(23)29)18-10-11-25(38-3)26(15-18)39-4/h10-12,15-16,19,21,29-30,36H,5-9,13-14H2,1-4H3/t19-,29+,30?/m1/s1. The van der Waals surface area contributed by atoms with Gasteiger partial charge in [-0.15, -0.1) is 0 Å². The third kappa shape index (κ3) is 5.73. The molecule has 218 valence electrons. The molecule has 9 heteroatoms. The molecule has 2 aliphatic carbocycles. The zero-order valence-corrected chi connectivity index (χ0v) is 25.5. The van der Waals surface area contributed by atoms with Gasteiger partial charge in [-0.3, -0.25) is 9.79 Å². The monoisotopic (exact) mass is 625 g/mol. The lowest BCUT2D eigenvalue weighted by atomic mass is 9.66. The molecule has 0 aromatic heterocycles.